The molecule has 0 aliphatic carbocycles. The van der Waals surface area contributed by atoms with Crippen molar-refractivity contribution in [2.24, 2.45) is 15.4 Å². The second-order valence-corrected chi connectivity index (χ2v) is 6.55. The number of imidazole rings is 1. The molecule has 0 spiro atoms. The Bertz CT molecular complexity index is 798. The molecule has 1 heterocycles. The van der Waals surface area contributed by atoms with Crippen molar-refractivity contribution in [1.29, 1.82) is 0 Å². The molecular weight excluding hydrogens is 403 g/mol. The van der Waals surface area contributed by atoms with Crippen LogP contribution in [-0.4, -0.2) is 66.0 Å². The molecule has 0 aliphatic rings. The van der Waals surface area contributed by atoms with Gasteiger partial charge in [-0.15, -0.1) is 28.3 Å². The zero-order valence-corrected chi connectivity index (χ0v) is 17.2. The molecule has 2 N–H and O–H groups in total. The summed E-state index contributed by atoms with van der Waals surface area (Å²) in [6.07, 6.45) is 2.92. The van der Waals surface area contributed by atoms with Gasteiger partial charge in [0.15, 0.2) is 5.69 Å². The van der Waals surface area contributed by atoms with Crippen LogP contribution < -0.4 is 10.3 Å². The molecule has 1 aromatic heterocycles. The number of hydrogen-bond acceptors (Lipinski definition) is 6. The van der Waals surface area contributed by atoms with Crippen LogP contribution in [0.25, 0.3) is 0 Å². The van der Waals surface area contributed by atoms with E-state index < -0.39 is 5.91 Å². The zero-order chi connectivity index (χ0) is 20.4. The summed E-state index contributed by atoms with van der Waals surface area (Å²) < 4.78 is 0. The fourth-order valence-electron chi connectivity index (χ4n) is 2.23. The van der Waals surface area contributed by atoms with E-state index in [1.165, 1.54) is 11.3 Å². The Labute approximate surface area is 173 Å². The first kappa shape index (κ1) is 21.6. The number of benzene rings is 1. The van der Waals surface area contributed by atoms with Crippen LogP contribution in [0, 0.1) is 0 Å². The Hall–Kier alpha value is -2.65. The number of hydrazone groups is 1. The lowest BCUT2D eigenvalue weighted by molar-refractivity contribution is 0.0951. The number of nitrogens with zero attached hydrogens (tertiary/aromatic N) is 6. The monoisotopic (exact) mass is 424 g/mol. The minimum Gasteiger partial charge on any atom is -0.369 e. The number of hydrogen-bond donors (Lipinski definition) is 2. The van der Waals surface area contributed by atoms with Crippen LogP contribution in [0.5, 0.6) is 0 Å². The first-order valence-corrected chi connectivity index (χ1v) is 9.54. The van der Waals surface area contributed by atoms with Gasteiger partial charge in [0.05, 0.1) is 12.5 Å². The lowest BCUT2D eigenvalue weighted by Gasteiger charge is -2.22. The second-order valence-electron chi connectivity index (χ2n) is 5.79. The summed E-state index contributed by atoms with van der Waals surface area (Å²) in [4.78, 5) is 21.0. The number of carbonyl (C=O) groups excluding carboxylic acids is 1. The van der Waals surface area contributed by atoms with Gasteiger partial charge in [0.25, 0.3) is 5.91 Å². The van der Waals surface area contributed by atoms with Crippen LogP contribution in [0.3, 0.4) is 0 Å². The highest BCUT2D eigenvalue weighted by Crippen LogP contribution is 2.15. The predicted octanol–water partition coefficient (Wildman–Crippen LogP) is 3.02. The Morgan fingerprint density at radius 1 is 1.21 bits per heavy atom. The van der Waals surface area contributed by atoms with E-state index in [0.717, 1.165) is 24.3 Å². The molecule has 9 nitrogen and oxygen atoms in total. The van der Waals surface area contributed by atoms with Crippen molar-refractivity contribution < 1.29 is 4.79 Å². The number of anilines is 1. The van der Waals surface area contributed by atoms with Crippen molar-refractivity contribution in [2.45, 2.75) is 0 Å². The van der Waals surface area contributed by atoms with Crippen molar-refractivity contribution in [3.05, 3.63) is 41.9 Å². The molecule has 2 rings (SSSR count). The van der Waals surface area contributed by atoms with E-state index in [-0.39, 0.29) is 11.5 Å². The zero-order valence-electron chi connectivity index (χ0n) is 15.6. The van der Waals surface area contributed by atoms with E-state index in [9.17, 15) is 4.79 Å². The van der Waals surface area contributed by atoms with Crippen molar-refractivity contribution >= 4 is 46.8 Å². The molecule has 1 aromatic carbocycles. The number of carbonyl (C=O) groups is 1. The van der Waals surface area contributed by atoms with Gasteiger partial charge >= 0.3 is 0 Å². The molecule has 11 heteroatoms. The maximum atomic E-state index is 12.2. The fourth-order valence-corrected chi connectivity index (χ4v) is 2.64. The van der Waals surface area contributed by atoms with Crippen molar-refractivity contribution in [2.75, 3.05) is 43.8 Å². The highest BCUT2D eigenvalue weighted by Gasteiger charge is 2.13. The standard InChI is InChI=1S/C17H22Cl2N8O/c1-26(2)25-23-16-15(20-12-21-16)17(28)24-22-11-13-3-5-14(6-4-13)27(9-7-18)10-8-19/h3-6,11-12H,7-10H2,1-2H3,(H,20,21)(H,24,28)/b22-11?,25-23+. The smallest absolute Gasteiger partial charge is 0.291 e. The van der Waals surface area contributed by atoms with Gasteiger partial charge in [0.1, 0.15) is 0 Å². The molecule has 0 saturated heterocycles. The third-order valence-electron chi connectivity index (χ3n) is 3.51. The minimum atomic E-state index is -0.464. The summed E-state index contributed by atoms with van der Waals surface area (Å²) in [5.74, 6) is 0.768. The van der Waals surface area contributed by atoms with E-state index in [1.807, 2.05) is 24.3 Å². The van der Waals surface area contributed by atoms with Crippen LogP contribution in [0.2, 0.25) is 0 Å². The molecule has 0 radical (unpaired) electrons. The van der Waals surface area contributed by atoms with E-state index in [4.69, 9.17) is 23.2 Å². The number of nitrogens with one attached hydrogen (secondary N) is 2. The summed E-state index contributed by atoms with van der Waals surface area (Å²) in [6.45, 7) is 1.44. The molecule has 2 aromatic rings. The van der Waals surface area contributed by atoms with E-state index in [2.05, 4.69) is 35.7 Å². The lowest BCUT2D eigenvalue weighted by atomic mass is 10.2. The summed E-state index contributed by atoms with van der Waals surface area (Å²) in [5.41, 5.74) is 4.47. The Morgan fingerprint density at radius 3 is 2.50 bits per heavy atom. The highest BCUT2D eigenvalue weighted by molar-refractivity contribution is 6.18. The number of H-pyrrole nitrogens is 1. The van der Waals surface area contributed by atoms with Gasteiger partial charge < -0.3 is 9.88 Å². The number of rotatable bonds is 10. The topological polar surface area (TPSA) is 101 Å². The van der Waals surface area contributed by atoms with Gasteiger partial charge in [-0.2, -0.15) is 5.10 Å². The Kier molecular flexibility index (Phi) is 8.70. The van der Waals surface area contributed by atoms with Gasteiger partial charge in [-0.3, -0.25) is 9.80 Å². The summed E-state index contributed by atoms with van der Waals surface area (Å²) in [6, 6.07) is 7.70. The number of aromatic nitrogens is 2. The maximum Gasteiger partial charge on any atom is 0.291 e. The number of alkyl halides is 2. The first-order chi connectivity index (χ1) is 13.5. The molecule has 150 valence electrons. The summed E-state index contributed by atoms with van der Waals surface area (Å²) >= 11 is 11.7. The molecule has 0 bridgehead atoms. The first-order valence-electron chi connectivity index (χ1n) is 8.48. The molecule has 0 unspecified atom stereocenters. The summed E-state index contributed by atoms with van der Waals surface area (Å²) in [5, 5.41) is 13.2. The molecule has 0 atom stereocenters. The van der Waals surface area contributed by atoms with Crippen LogP contribution in [0.4, 0.5) is 11.5 Å². The Balaban J connectivity index is 1.97. The van der Waals surface area contributed by atoms with Gasteiger partial charge in [-0.1, -0.05) is 17.4 Å². The minimum absolute atomic E-state index is 0.177. The van der Waals surface area contributed by atoms with E-state index >= 15 is 0 Å². The fraction of sp³-hybridized carbons (Fsp3) is 0.353. The number of halogens is 2. The van der Waals surface area contributed by atoms with Crippen molar-refractivity contribution in [1.82, 2.24) is 20.4 Å². The molecule has 28 heavy (non-hydrogen) atoms. The third kappa shape index (κ3) is 6.50. The number of amides is 1. The molecular formula is C17H22Cl2N8O. The SMILES string of the molecule is CN(C)/N=N/c1nc[nH]c1C(=O)NN=Cc1ccc(N(CCCl)CCCl)cc1. The van der Waals surface area contributed by atoms with Crippen LogP contribution >= 0.6 is 23.2 Å². The average molecular weight is 425 g/mol. The molecule has 1 amide bonds. The normalized spacial score (nSPS) is 11.3. The second kappa shape index (κ2) is 11.3. The van der Waals surface area contributed by atoms with E-state index in [0.29, 0.717) is 11.8 Å². The third-order valence-corrected chi connectivity index (χ3v) is 3.85. The van der Waals surface area contributed by atoms with Gasteiger partial charge in [-0.25, -0.2) is 10.4 Å². The average Bonchev–Trinajstić information content (AvgIpc) is 3.15. The molecule has 0 saturated carbocycles. The van der Waals surface area contributed by atoms with E-state index in [1.54, 1.807) is 20.3 Å². The maximum absolute atomic E-state index is 12.2. The number of aromatic amines is 1. The largest absolute Gasteiger partial charge is 0.369 e. The molecule has 0 aliphatic heterocycles. The predicted molar refractivity (Wildman–Crippen MR) is 112 cm³/mol. The summed E-state index contributed by atoms with van der Waals surface area (Å²) in [7, 11) is 3.44. The quantitative estimate of drug-likeness (QED) is 0.264. The van der Waals surface area contributed by atoms with Gasteiger partial charge in [0.2, 0.25) is 5.82 Å². The van der Waals surface area contributed by atoms with Crippen LogP contribution in [-0.2, 0) is 0 Å². The van der Waals surface area contributed by atoms with Crippen LogP contribution in [0.15, 0.2) is 46.0 Å². The molecule has 0 fully saturated rings. The lowest BCUT2D eigenvalue weighted by Crippen LogP contribution is -2.27. The highest BCUT2D eigenvalue weighted by atomic mass is 35.5. The Morgan fingerprint density at radius 2 is 1.89 bits per heavy atom. The van der Waals surface area contributed by atoms with Crippen molar-refractivity contribution in [3.63, 3.8) is 0 Å². The van der Waals surface area contributed by atoms with Gasteiger partial charge in [0, 0.05) is 44.6 Å². The van der Waals surface area contributed by atoms with Crippen LogP contribution in [0.1, 0.15) is 16.1 Å². The van der Waals surface area contributed by atoms with Crippen molar-refractivity contribution in [3.8, 4) is 0 Å². The van der Waals surface area contributed by atoms with Gasteiger partial charge in [-0.05, 0) is 17.7 Å².